The molecule has 0 aliphatic heterocycles. The SMILES string of the molecule is Oc1cncnc1F. The van der Waals surface area contributed by atoms with E-state index in [0.29, 0.717) is 0 Å². The predicted octanol–water partition coefficient (Wildman–Crippen LogP) is 0.321. The molecule has 0 spiro atoms. The fourth-order valence-corrected chi connectivity index (χ4v) is 0.307. The molecule has 0 amide bonds. The summed E-state index contributed by atoms with van der Waals surface area (Å²) < 4.78 is 11.9. The van der Waals surface area contributed by atoms with Crippen molar-refractivity contribution in [2.45, 2.75) is 0 Å². The molecule has 1 rings (SSSR count). The Morgan fingerprint density at radius 3 is 2.75 bits per heavy atom. The predicted molar refractivity (Wildman–Crippen MR) is 23.7 cm³/mol. The Morgan fingerprint density at radius 1 is 1.62 bits per heavy atom. The number of aromatic nitrogens is 2. The van der Waals surface area contributed by atoms with Gasteiger partial charge in [-0.3, -0.25) is 0 Å². The normalized spacial score (nSPS) is 9.12. The molecular weight excluding hydrogens is 111 g/mol. The molecule has 0 saturated heterocycles. The molecule has 0 bridgehead atoms. The molecule has 1 aromatic heterocycles. The average molecular weight is 114 g/mol. The lowest BCUT2D eigenvalue weighted by atomic mass is 10.6. The largest absolute Gasteiger partial charge is 0.503 e. The third-order valence-corrected chi connectivity index (χ3v) is 0.646. The van der Waals surface area contributed by atoms with Crippen molar-refractivity contribution in [3.8, 4) is 5.75 Å². The van der Waals surface area contributed by atoms with Gasteiger partial charge in [0.15, 0.2) is 5.75 Å². The minimum absolute atomic E-state index is 0.521. The molecule has 0 radical (unpaired) electrons. The molecule has 3 nitrogen and oxygen atoms in total. The minimum Gasteiger partial charge on any atom is -0.503 e. The standard InChI is InChI=1S/C4H3FN2O/c5-4-3(8)1-6-2-7-4/h1-2,8H. The lowest BCUT2D eigenvalue weighted by Gasteiger charge is -1.86. The molecule has 0 fully saturated rings. The lowest BCUT2D eigenvalue weighted by molar-refractivity contribution is 0.415. The van der Waals surface area contributed by atoms with Crippen LogP contribution < -0.4 is 0 Å². The summed E-state index contributed by atoms with van der Waals surface area (Å²) in [6.07, 6.45) is 2.01. The van der Waals surface area contributed by atoms with Crippen LogP contribution in [0.25, 0.3) is 0 Å². The van der Waals surface area contributed by atoms with E-state index in [4.69, 9.17) is 5.11 Å². The first-order valence-electron chi connectivity index (χ1n) is 1.95. The molecule has 0 aromatic carbocycles. The molecule has 0 aliphatic rings. The van der Waals surface area contributed by atoms with Crippen LogP contribution in [0, 0.1) is 5.95 Å². The summed E-state index contributed by atoms with van der Waals surface area (Å²) in [5, 5.41) is 8.42. The highest BCUT2D eigenvalue weighted by Gasteiger charge is 1.95. The van der Waals surface area contributed by atoms with Crippen molar-refractivity contribution in [3.63, 3.8) is 0 Å². The third kappa shape index (κ3) is 0.726. The number of halogens is 1. The Hall–Kier alpha value is -1.19. The highest BCUT2D eigenvalue weighted by molar-refractivity contribution is 5.09. The molecule has 4 heteroatoms. The van der Waals surface area contributed by atoms with E-state index in [1.165, 1.54) is 0 Å². The van der Waals surface area contributed by atoms with E-state index in [1.807, 2.05) is 0 Å². The number of rotatable bonds is 0. The van der Waals surface area contributed by atoms with Gasteiger partial charge in [0.25, 0.3) is 5.95 Å². The summed E-state index contributed by atoms with van der Waals surface area (Å²) in [7, 11) is 0. The van der Waals surface area contributed by atoms with Crippen molar-refractivity contribution in [3.05, 3.63) is 18.5 Å². The smallest absolute Gasteiger partial charge is 0.258 e. The number of aromatic hydroxyl groups is 1. The van der Waals surface area contributed by atoms with Crippen LogP contribution in [0.4, 0.5) is 4.39 Å². The fraction of sp³-hybridized carbons (Fsp3) is 0. The molecule has 8 heavy (non-hydrogen) atoms. The zero-order valence-electron chi connectivity index (χ0n) is 3.87. The highest BCUT2D eigenvalue weighted by Crippen LogP contribution is 2.06. The second kappa shape index (κ2) is 1.73. The van der Waals surface area contributed by atoms with Crippen molar-refractivity contribution >= 4 is 0 Å². The Bertz CT molecular complexity index is 170. The molecule has 1 heterocycles. The highest BCUT2D eigenvalue weighted by atomic mass is 19.1. The van der Waals surface area contributed by atoms with E-state index in [9.17, 15) is 4.39 Å². The third-order valence-electron chi connectivity index (χ3n) is 0.646. The molecule has 0 unspecified atom stereocenters. The van der Waals surface area contributed by atoms with Crippen LogP contribution in [0.3, 0.4) is 0 Å². The van der Waals surface area contributed by atoms with Crippen LogP contribution in [-0.4, -0.2) is 15.1 Å². The van der Waals surface area contributed by atoms with Crippen molar-refractivity contribution < 1.29 is 9.50 Å². The van der Waals surface area contributed by atoms with Gasteiger partial charge in [0.1, 0.15) is 6.33 Å². The Kier molecular flexibility index (Phi) is 1.07. The first-order valence-corrected chi connectivity index (χ1v) is 1.95. The zero-order valence-corrected chi connectivity index (χ0v) is 3.87. The van der Waals surface area contributed by atoms with Gasteiger partial charge in [0.2, 0.25) is 0 Å². The number of nitrogens with zero attached hydrogens (tertiary/aromatic N) is 2. The van der Waals surface area contributed by atoms with E-state index in [0.717, 1.165) is 12.5 Å². The van der Waals surface area contributed by atoms with Gasteiger partial charge in [-0.05, 0) is 0 Å². The summed E-state index contributed by atoms with van der Waals surface area (Å²) in [6, 6.07) is 0. The van der Waals surface area contributed by atoms with E-state index in [1.54, 1.807) is 0 Å². The Balaban J connectivity index is 3.13. The number of hydrogen-bond donors (Lipinski definition) is 1. The number of hydrogen-bond acceptors (Lipinski definition) is 3. The van der Waals surface area contributed by atoms with Crippen LogP contribution >= 0.6 is 0 Å². The first kappa shape index (κ1) is 4.96. The van der Waals surface area contributed by atoms with Gasteiger partial charge in [-0.1, -0.05) is 0 Å². The summed E-state index contributed by atoms with van der Waals surface area (Å²) in [5.41, 5.74) is 0. The molecule has 0 atom stereocenters. The van der Waals surface area contributed by atoms with Crippen molar-refractivity contribution in [1.29, 1.82) is 0 Å². The summed E-state index contributed by atoms with van der Waals surface area (Å²) in [6.45, 7) is 0. The Morgan fingerprint density at radius 2 is 2.38 bits per heavy atom. The van der Waals surface area contributed by atoms with E-state index < -0.39 is 11.7 Å². The first-order chi connectivity index (χ1) is 3.80. The second-order valence-corrected chi connectivity index (χ2v) is 1.20. The second-order valence-electron chi connectivity index (χ2n) is 1.20. The van der Waals surface area contributed by atoms with Gasteiger partial charge in [0, 0.05) is 0 Å². The van der Waals surface area contributed by atoms with Crippen molar-refractivity contribution in [1.82, 2.24) is 9.97 Å². The van der Waals surface area contributed by atoms with Crippen LogP contribution in [0.1, 0.15) is 0 Å². The van der Waals surface area contributed by atoms with Crippen LogP contribution in [0.5, 0.6) is 5.75 Å². The summed E-state index contributed by atoms with van der Waals surface area (Å²) in [5.74, 6) is -1.41. The minimum atomic E-state index is -0.889. The van der Waals surface area contributed by atoms with Gasteiger partial charge in [-0.2, -0.15) is 4.39 Å². The van der Waals surface area contributed by atoms with Crippen LogP contribution in [0.15, 0.2) is 12.5 Å². The Labute approximate surface area is 44.8 Å². The van der Waals surface area contributed by atoms with E-state index in [-0.39, 0.29) is 0 Å². The zero-order chi connectivity index (χ0) is 5.98. The summed E-state index contributed by atoms with van der Waals surface area (Å²) in [4.78, 5) is 6.39. The molecule has 1 N–H and O–H groups in total. The maximum Gasteiger partial charge on any atom is 0.258 e. The topological polar surface area (TPSA) is 46.0 Å². The average Bonchev–Trinajstić information content (AvgIpc) is 1.77. The van der Waals surface area contributed by atoms with Crippen LogP contribution in [0.2, 0.25) is 0 Å². The van der Waals surface area contributed by atoms with Gasteiger partial charge < -0.3 is 5.11 Å². The monoisotopic (exact) mass is 114 g/mol. The van der Waals surface area contributed by atoms with Gasteiger partial charge in [0.05, 0.1) is 6.20 Å². The molecule has 1 aromatic rings. The van der Waals surface area contributed by atoms with E-state index in [2.05, 4.69) is 9.97 Å². The van der Waals surface area contributed by atoms with Gasteiger partial charge in [-0.15, -0.1) is 0 Å². The van der Waals surface area contributed by atoms with E-state index >= 15 is 0 Å². The maximum atomic E-state index is 11.9. The lowest BCUT2D eigenvalue weighted by Crippen LogP contribution is -1.82. The fourth-order valence-electron chi connectivity index (χ4n) is 0.307. The van der Waals surface area contributed by atoms with Crippen molar-refractivity contribution in [2.75, 3.05) is 0 Å². The quantitative estimate of drug-likeness (QED) is 0.494. The van der Waals surface area contributed by atoms with Crippen molar-refractivity contribution in [2.24, 2.45) is 0 Å². The molecule has 0 saturated carbocycles. The molecule has 0 aliphatic carbocycles. The molecule has 42 valence electrons. The summed E-state index contributed by atoms with van der Waals surface area (Å²) >= 11 is 0. The van der Waals surface area contributed by atoms with Crippen LogP contribution in [-0.2, 0) is 0 Å². The van der Waals surface area contributed by atoms with Gasteiger partial charge >= 0.3 is 0 Å². The molecular formula is C4H3FN2O. The maximum absolute atomic E-state index is 11.9. The van der Waals surface area contributed by atoms with Gasteiger partial charge in [-0.25, -0.2) is 9.97 Å².